The van der Waals surface area contributed by atoms with Gasteiger partial charge in [-0.3, -0.25) is 4.98 Å². The Morgan fingerprint density at radius 1 is 1.24 bits per heavy atom. The molecule has 2 aromatic rings. The van der Waals surface area contributed by atoms with Crippen molar-refractivity contribution in [2.75, 3.05) is 5.73 Å². The molecular formula is C12H13BrN4. The van der Waals surface area contributed by atoms with Gasteiger partial charge in [0.1, 0.15) is 5.82 Å². The molecule has 0 fully saturated rings. The maximum absolute atomic E-state index is 5.78. The third-order valence-corrected chi connectivity index (χ3v) is 2.70. The molecule has 5 heteroatoms. The van der Waals surface area contributed by atoms with Crippen molar-refractivity contribution in [1.29, 1.82) is 0 Å². The van der Waals surface area contributed by atoms with Gasteiger partial charge in [0.2, 0.25) is 0 Å². The summed E-state index contributed by atoms with van der Waals surface area (Å²) in [4.78, 5) is 12.8. The molecule has 0 bridgehead atoms. The van der Waals surface area contributed by atoms with Gasteiger partial charge in [-0.1, -0.05) is 13.3 Å². The highest BCUT2D eigenvalue weighted by atomic mass is 79.9. The van der Waals surface area contributed by atoms with Crippen molar-refractivity contribution in [2.45, 2.75) is 19.8 Å². The first kappa shape index (κ1) is 12.0. The number of nitrogens with two attached hydrogens (primary N) is 1. The molecule has 0 amide bonds. The van der Waals surface area contributed by atoms with Crippen molar-refractivity contribution >= 4 is 21.7 Å². The molecule has 88 valence electrons. The van der Waals surface area contributed by atoms with E-state index in [0.29, 0.717) is 11.6 Å². The van der Waals surface area contributed by atoms with Crippen LogP contribution in [-0.2, 0) is 6.42 Å². The lowest BCUT2D eigenvalue weighted by molar-refractivity contribution is 0.876. The number of aromatic nitrogens is 3. The first-order valence-corrected chi connectivity index (χ1v) is 6.22. The van der Waals surface area contributed by atoms with Gasteiger partial charge < -0.3 is 5.73 Å². The van der Waals surface area contributed by atoms with Crippen molar-refractivity contribution in [2.24, 2.45) is 0 Å². The first-order chi connectivity index (χ1) is 8.19. The van der Waals surface area contributed by atoms with Crippen molar-refractivity contribution in [3.8, 4) is 11.4 Å². The number of rotatable bonds is 3. The molecule has 0 saturated carbocycles. The van der Waals surface area contributed by atoms with Gasteiger partial charge in [0.25, 0.3) is 0 Å². The summed E-state index contributed by atoms with van der Waals surface area (Å²) in [5.41, 5.74) is 7.61. The fraction of sp³-hybridized carbons (Fsp3) is 0.250. The second-order valence-corrected chi connectivity index (χ2v) is 4.67. The van der Waals surface area contributed by atoms with Gasteiger partial charge in [0, 0.05) is 34.2 Å². The van der Waals surface area contributed by atoms with Gasteiger partial charge in [0.05, 0.1) is 0 Å². The Bertz CT molecular complexity index is 528. The Labute approximate surface area is 108 Å². The average Bonchev–Trinajstić information content (AvgIpc) is 2.28. The van der Waals surface area contributed by atoms with Crippen molar-refractivity contribution < 1.29 is 0 Å². The monoisotopic (exact) mass is 292 g/mol. The minimum absolute atomic E-state index is 0.499. The van der Waals surface area contributed by atoms with Gasteiger partial charge in [-0.25, -0.2) is 9.97 Å². The standard InChI is InChI=1S/C12H13BrN4/c1-2-3-10-5-11(14)17-12(16-10)8-4-9(13)7-15-6-8/h4-7H,2-3H2,1H3,(H2,14,16,17). The highest BCUT2D eigenvalue weighted by Crippen LogP contribution is 2.20. The largest absolute Gasteiger partial charge is 0.384 e. The molecule has 4 nitrogen and oxygen atoms in total. The van der Waals surface area contributed by atoms with E-state index in [0.717, 1.165) is 28.6 Å². The van der Waals surface area contributed by atoms with Gasteiger partial charge in [-0.2, -0.15) is 0 Å². The van der Waals surface area contributed by atoms with E-state index in [4.69, 9.17) is 5.73 Å². The van der Waals surface area contributed by atoms with Gasteiger partial charge in [-0.05, 0) is 28.4 Å². The zero-order valence-electron chi connectivity index (χ0n) is 9.52. The van der Waals surface area contributed by atoms with E-state index in [1.165, 1.54) is 0 Å². The third-order valence-electron chi connectivity index (χ3n) is 2.27. The molecule has 0 aliphatic heterocycles. The molecule has 0 aromatic carbocycles. The fourth-order valence-corrected chi connectivity index (χ4v) is 1.93. The summed E-state index contributed by atoms with van der Waals surface area (Å²) in [5, 5.41) is 0. The minimum atomic E-state index is 0.499. The molecule has 2 aromatic heterocycles. The van der Waals surface area contributed by atoms with Crippen LogP contribution >= 0.6 is 15.9 Å². The van der Waals surface area contributed by atoms with Crippen LogP contribution in [0.2, 0.25) is 0 Å². The normalized spacial score (nSPS) is 10.5. The van der Waals surface area contributed by atoms with Crippen molar-refractivity contribution in [3.63, 3.8) is 0 Å². The number of hydrogen-bond donors (Lipinski definition) is 1. The summed E-state index contributed by atoms with van der Waals surface area (Å²) in [5.74, 6) is 1.13. The first-order valence-electron chi connectivity index (χ1n) is 5.43. The summed E-state index contributed by atoms with van der Waals surface area (Å²) >= 11 is 3.38. The van der Waals surface area contributed by atoms with E-state index >= 15 is 0 Å². The molecule has 2 rings (SSSR count). The summed E-state index contributed by atoms with van der Waals surface area (Å²) in [7, 11) is 0. The van der Waals surface area contributed by atoms with Gasteiger partial charge in [0.15, 0.2) is 5.82 Å². The number of anilines is 1. The maximum atomic E-state index is 5.78. The number of hydrogen-bond acceptors (Lipinski definition) is 4. The fourth-order valence-electron chi connectivity index (χ4n) is 1.57. The summed E-state index contributed by atoms with van der Waals surface area (Å²) < 4.78 is 0.901. The minimum Gasteiger partial charge on any atom is -0.384 e. The Kier molecular flexibility index (Phi) is 3.68. The quantitative estimate of drug-likeness (QED) is 0.945. The van der Waals surface area contributed by atoms with E-state index < -0.39 is 0 Å². The van der Waals surface area contributed by atoms with E-state index in [1.54, 1.807) is 12.4 Å². The van der Waals surface area contributed by atoms with Crippen molar-refractivity contribution in [3.05, 3.63) is 34.7 Å². The number of aryl methyl sites for hydroxylation is 1. The Hall–Kier alpha value is -1.49. The Morgan fingerprint density at radius 3 is 2.76 bits per heavy atom. The summed E-state index contributed by atoms with van der Waals surface area (Å²) in [6, 6.07) is 3.75. The van der Waals surface area contributed by atoms with E-state index in [9.17, 15) is 0 Å². The molecule has 0 aliphatic carbocycles. The molecular weight excluding hydrogens is 280 g/mol. The van der Waals surface area contributed by atoms with E-state index in [2.05, 4.69) is 37.8 Å². The molecule has 0 unspecified atom stereocenters. The second-order valence-electron chi connectivity index (χ2n) is 3.75. The van der Waals surface area contributed by atoms with E-state index in [-0.39, 0.29) is 0 Å². The maximum Gasteiger partial charge on any atom is 0.163 e. The zero-order chi connectivity index (χ0) is 12.3. The number of nitrogens with zero attached hydrogens (tertiary/aromatic N) is 3. The number of pyridine rings is 1. The van der Waals surface area contributed by atoms with Crippen LogP contribution in [0.1, 0.15) is 19.0 Å². The Balaban J connectivity index is 2.44. The van der Waals surface area contributed by atoms with Crippen LogP contribution in [0.3, 0.4) is 0 Å². The zero-order valence-corrected chi connectivity index (χ0v) is 11.1. The van der Waals surface area contributed by atoms with Crippen LogP contribution in [0, 0.1) is 0 Å². The topological polar surface area (TPSA) is 64.7 Å². The van der Waals surface area contributed by atoms with Gasteiger partial charge in [-0.15, -0.1) is 0 Å². The molecule has 0 radical (unpaired) electrons. The van der Waals surface area contributed by atoms with Crippen LogP contribution in [0.4, 0.5) is 5.82 Å². The SMILES string of the molecule is CCCc1cc(N)nc(-c2cncc(Br)c2)n1. The molecule has 0 atom stereocenters. The second kappa shape index (κ2) is 5.23. The van der Waals surface area contributed by atoms with Crippen LogP contribution < -0.4 is 5.73 Å². The molecule has 0 spiro atoms. The smallest absolute Gasteiger partial charge is 0.163 e. The number of halogens is 1. The number of nitrogen functional groups attached to an aromatic ring is 1. The lowest BCUT2D eigenvalue weighted by Crippen LogP contribution is -2.00. The third kappa shape index (κ3) is 3.00. The van der Waals surface area contributed by atoms with Crippen molar-refractivity contribution in [1.82, 2.24) is 15.0 Å². The van der Waals surface area contributed by atoms with Crippen LogP contribution in [0.5, 0.6) is 0 Å². The molecule has 0 saturated heterocycles. The molecule has 2 N–H and O–H groups in total. The van der Waals surface area contributed by atoms with E-state index in [1.807, 2.05) is 12.1 Å². The molecule has 0 aliphatic rings. The van der Waals surface area contributed by atoms with Gasteiger partial charge >= 0.3 is 0 Å². The summed E-state index contributed by atoms with van der Waals surface area (Å²) in [6.07, 6.45) is 5.39. The molecule has 17 heavy (non-hydrogen) atoms. The predicted octanol–water partition coefficient (Wildman–Crippen LogP) is 2.84. The highest BCUT2D eigenvalue weighted by Gasteiger charge is 2.06. The average molecular weight is 293 g/mol. The summed E-state index contributed by atoms with van der Waals surface area (Å²) in [6.45, 7) is 2.11. The van der Waals surface area contributed by atoms with Crippen LogP contribution in [0.25, 0.3) is 11.4 Å². The Morgan fingerprint density at radius 2 is 2.06 bits per heavy atom. The lowest BCUT2D eigenvalue weighted by Gasteiger charge is -2.05. The predicted molar refractivity (Wildman–Crippen MR) is 71.4 cm³/mol. The highest BCUT2D eigenvalue weighted by molar-refractivity contribution is 9.10. The van der Waals surface area contributed by atoms with Crippen LogP contribution in [0.15, 0.2) is 29.0 Å². The van der Waals surface area contributed by atoms with Crippen LogP contribution in [-0.4, -0.2) is 15.0 Å². The lowest BCUT2D eigenvalue weighted by atomic mass is 10.2. The molecule has 2 heterocycles.